The molecule has 0 unspecified atom stereocenters. The Balaban J connectivity index is 0.000000471. The third-order valence-corrected chi connectivity index (χ3v) is 2.80. The number of rotatable bonds is 4. The second kappa shape index (κ2) is 7.67. The Hall–Kier alpha value is -3.50. The van der Waals surface area contributed by atoms with Crippen LogP contribution in [0.3, 0.4) is 0 Å². The molecule has 24 heavy (non-hydrogen) atoms. The molecule has 11 heteroatoms. The van der Waals surface area contributed by atoms with Gasteiger partial charge in [-0.1, -0.05) is 19.1 Å². The maximum Gasteiger partial charge on any atom is 0.281 e. The number of aromatic amines is 2. The average molecular weight is 333 g/mol. The van der Waals surface area contributed by atoms with Crippen LogP contribution in [-0.4, -0.2) is 37.1 Å². The fraction of sp³-hybridized carbons (Fsp3) is 0.231. The van der Waals surface area contributed by atoms with Crippen LogP contribution >= 0.6 is 0 Å². The molecule has 0 saturated heterocycles. The lowest BCUT2D eigenvalue weighted by Gasteiger charge is -2.09. The van der Waals surface area contributed by atoms with E-state index in [1.165, 1.54) is 0 Å². The number of hydrogen-bond acceptors (Lipinski definition) is 8. The van der Waals surface area contributed by atoms with Gasteiger partial charge < -0.3 is 25.0 Å². The fourth-order valence-corrected chi connectivity index (χ4v) is 1.88. The summed E-state index contributed by atoms with van der Waals surface area (Å²) < 4.78 is 5.67. The van der Waals surface area contributed by atoms with Gasteiger partial charge in [0.1, 0.15) is 11.6 Å². The highest BCUT2D eigenvalue weighted by atomic mass is 16.9. The first-order valence-corrected chi connectivity index (χ1v) is 6.87. The van der Waals surface area contributed by atoms with Crippen molar-refractivity contribution in [1.29, 1.82) is 0 Å². The smallest absolute Gasteiger partial charge is 0.281 e. The summed E-state index contributed by atoms with van der Waals surface area (Å²) in [6, 6.07) is 7.43. The Morgan fingerprint density at radius 2 is 1.96 bits per heavy atom. The summed E-state index contributed by atoms with van der Waals surface area (Å²) in [7, 11) is 0. The first kappa shape index (κ1) is 16.9. The zero-order chi connectivity index (χ0) is 17.5. The first-order chi connectivity index (χ1) is 11.5. The zero-order valence-electron chi connectivity index (χ0n) is 12.6. The van der Waals surface area contributed by atoms with Gasteiger partial charge in [-0.25, -0.2) is 4.98 Å². The highest BCUT2D eigenvalue weighted by Gasteiger charge is 2.12. The number of ether oxygens (including phenoxy) is 1. The first-order valence-electron chi connectivity index (χ1n) is 6.87. The number of nitrogens with zero attached hydrogens (tertiary/aromatic N) is 4. The van der Waals surface area contributed by atoms with E-state index in [4.69, 9.17) is 20.1 Å². The minimum Gasteiger partial charge on any atom is -0.493 e. The van der Waals surface area contributed by atoms with Gasteiger partial charge in [-0.2, -0.15) is 5.21 Å². The second-order valence-electron chi connectivity index (χ2n) is 4.48. The summed E-state index contributed by atoms with van der Waals surface area (Å²) in [4.78, 5) is 27.1. The number of para-hydroxylation sites is 1. The van der Waals surface area contributed by atoms with Crippen molar-refractivity contribution in [1.82, 2.24) is 25.4 Å². The van der Waals surface area contributed by atoms with Crippen molar-refractivity contribution >= 4 is 11.2 Å². The predicted octanol–water partition coefficient (Wildman–Crippen LogP) is 1.26. The van der Waals surface area contributed by atoms with Gasteiger partial charge in [-0.15, -0.1) is 10.2 Å². The Morgan fingerprint density at radius 1 is 1.25 bits per heavy atom. The molecule has 0 aliphatic rings. The van der Waals surface area contributed by atoms with Crippen LogP contribution in [0.2, 0.25) is 0 Å². The van der Waals surface area contributed by atoms with E-state index in [2.05, 4.69) is 25.4 Å². The standard InChI is InChI=1S/C13H13N5O2.NO3/c1-2-7-20-9-6-4-3-5-8(9)11-14-12-10(13(19)15-11)16-18-17-12;2-1(3)4/h3-6H,2,7H2,1H3,(H2,14,15,16,17,18,19);/q;-1. The highest BCUT2D eigenvalue weighted by Crippen LogP contribution is 2.26. The van der Waals surface area contributed by atoms with Crippen LogP contribution in [0.15, 0.2) is 29.1 Å². The summed E-state index contributed by atoms with van der Waals surface area (Å²) in [6.45, 7) is 2.64. The van der Waals surface area contributed by atoms with Crippen molar-refractivity contribution in [2.75, 3.05) is 6.61 Å². The topological polar surface area (TPSA) is 163 Å². The molecule has 0 amide bonds. The monoisotopic (exact) mass is 333 g/mol. The highest BCUT2D eigenvalue weighted by molar-refractivity contribution is 5.72. The number of nitrogens with one attached hydrogen (secondary N) is 2. The lowest BCUT2D eigenvalue weighted by molar-refractivity contribution is -0.402. The predicted molar refractivity (Wildman–Crippen MR) is 83.9 cm³/mol. The summed E-state index contributed by atoms with van der Waals surface area (Å²) in [6.07, 6.45) is 0.903. The van der Waals surface area contributed by atoms with Crippen molar-refractivity contribution in [3.8, 4) is 17.1 Å². The molecule has 0 saturated carbocycles. The van der Waals surface area contributed by atoms with Gasteiger partial charge >= 0.3 is 0 Å². The van der Waals surface area contributed by atoms with E-state index in [1.807, 2.05) is 31.2 Å². The number of benzene rings is 1. The van der Waals surface area contributed by atoms with Crippen LogP contribution in [0, 0.1) is 15.3 Å². The van der Waals surface area contributed by atoms with Gasteiger partial charge in [0.2, 0.25) is 5.65 Å². The van der Waals surface area contributed by atoms with E-state index in [0.29, 0.717) is 18.2 Å². The van der Waals surface area contributed by atoms with Crippen LogP contribution in [0.4, 0.5) is 0 Å². The summed E-state index contributed by atoms with van der Waals surface area (Å²) in [5.74, 6) is 1.10. The molecule has 0 aliphatic heterocycles. The molecule has 0 spiro atoms. The van der Waals surface area contributed by atoms with Crippen molar-refractivity contribution in [2.45, 2.75) is 13.3 Å². The van der Waals surface area contributed by atoms with Gasteiger partial charge in [0.15, 0.2) is 5.52 Å². The molecule has 1 aromatic carbocycles. The van der Waals surface area contributed by atoms with Gasteiger partial charge in [-0.3, -0.25) is 4.79 Å². The molecule has 0 bridgehead atoms. The molecule has 11 nitrogen and oxygen atoms in total. The van der Waals surface area contributed by atoms with E-state index in [9.17, 15) is 4.79 Å². The quantitative estimate of drug-likeness (QED) is 0.532. The second-order valence-corrected chi connectivity index (χ2v) is 4.48. The Bertz CT molecular complexity index is 886. The van der Waals surface area contributed by atoms with Crippen molar-refractivity contribution in [2.24, 2.45) is 0 Å². The lowest BCUT2D eigenvalue weighted by Crippen LogP contribution is -2.10. The van der Waals surface area contributed by atoms with Crippen LogP contribution in [-0.2, 0) is 0 Å². The van der Waals surface area contributed by atoms with Crippen LogP contribution < -0.4 is 10.3 Å². The van der Waals surface area contributed by atoms with Crippen molar-refractivity contribution in [3.05, 3.63) is 49.9 Å². The number of fused-ring (bicyclic) bond motifs is 1. The largest absolute Gasteiger partial charge is 0.493 e. The van der Waals surface area contributed by atoms with E-state index >= 15 is 0 Å². The normalized spacial score (nSPS) is 10.0. The molecule has 3 rings (SSSR count). The van der Waals surface area contributed by atoms with Crippen LogP contribution in [0.25, 0.3) is 22.6 Å². The maximum absolute atomic E-state index is 11.9. The van der Waals surface area contributed by atoms with Crippen LogP contribution in [0.1, 0.15) is 13.3 Å². The molecule has 0 fully saturated rings. The minimum atomic E-state index is -1.75. The molecular formula is C13H13N6O5-. The number of aromatic nitrogens is 5. The number of hydrogen-bond donors (Lipinski definition) is 2. The van der Waals surface area contributed by atoms with E-state index in [-0.39, 0.29) is 16.7 Å². The molecule has 0 atom stereocenters. The Morgan fingerprint density at radius 3 is 2.67 bits per heavy atom. The Labute approximate surface area is 134 Å². The average Bonchev–Trinajstić information content (AvgIpc) is 3.02. The maximum atomic E-state index is 11.9. The summed E-state index contributed by atoms with van der Waals surface area (Å²) in [5, 5.41) is 24.7. The molecule has 2 heterocycles. The summed E-state index contributed by atoms with van der Waals surface area (Å²) in [5.41, 5.74) is 0.877. The minimum absolute atomic E-state index is 0.195. The van der Waals surface area contributed by atoms with Gasteiger partial charge in [0.05, 0.1) is 17.3 Å². The van der Waals surface area contributed by atoms with Gasteiger partial charge in [0.25, 0.3) is 5.56 Å². The molecule has 2 N–H and O–H groups in total. The lowest BCUT2D eigenvalue weighted by atomic mass is 10.2. The number of H-pyrrole nitrogens is 2. The SMILES string of the molecule is CCCOc1ccccc1-c1nc2n[nH]nc2c(=O)[nH]1.O=[N+]([O-])[O-]. The van der Waals surface area contributed by atoms with Crippen LogP contribution in [0.5, 0.6) is 5.75 Å². The van der Waals surface area contributed by atoms with E-state index in [0.717, 1.165) is 12.0 Å². The molecule has 0 aliphatic carbocycles. The Kier molecular flexibility index (Phi) is 5.39. The van der Waals surface area contributed by atoms with Crippen molar-refractivity contribution < 1.29 is 9.82 Å². The fourth-order valence-electron chi connectivity index (χ4n) is 1.88. The summed E-state index contributed by atoms with van der Waals surface area (Å²) >= 11 is 0. The van der Waals surface area contributed by atoms with Crippen molar-refractivity contribution in [3.63, 3.8) is 0 Å². The molecule has 126 valence electrons. The molecular weight excluding hydrogens is 320 g/mol. The van der Waals surface area contributed by atoms with Gasteiger partial charge in [0, 0.05) is 0 Å². The molecule has 0 radical (unpaired) electrons. The van der Waals surface area contributed by atoms with E-state index < -0.39 is 5.09 Å². The zero-order valence-corrected chi connectivity index (χ0v) is 12.6. The third kappa shape index (κ3) is 4.03. The van der Waals surface area contributed by atoms with Gasteiger partial charge in [-0.05, 0) is 18.6 Å². The third-order valence-electron chi connectivity index (χ3n) is 2.80. The molecule has 3 aromatic rings. The molecule has 2 aromatic heterocycles. The van der Waals surface area contributed by atoms with E-state index in [1.54, 1.807) is 0 Å².